The van der Waals surface area contributed by atoms with E-state index in [1.54, 1.807) is 11.8 Å². The zero-order chi connectivity index (χ0) is 13.0. The molecule has 0 aliphatic carbocycles. The van der Waals surface area contributed by atoms with Crippen LogP contribution in [0.1, 0.15) is 19.2 Å². The lowest BCUT2D eigenvalue weighted by Gasteiger charge is -1.98. The third kappa shape index (κ3) is 3.49. The Morgan fingerprint density at radius 3 is 2.94 bits per heavy atom. The number of aromatic nitrogens is 2. The molecule has 0 atom stereocenters. The Balaban J connectivity index is 2.13. The highest BCUT2D eigenvalue weighted by atomic mass is 79.9. The molecule has 0 radical (unpaired) electrons. The molecule has 6 heteroatoms. The average molecular weight is 328 g/mol. The van der Waals surface area contributed by atoms with Crippen molar-refractivity contribution in [1.82, 2.24) is 10.1 Å². The van der Waals surface area contributed by atoms with E-state index in [1.165, 1.54) is 0 Å². The number of nitrogen functional groups attached to an aromatic ring is 1. The third-order valence-electron chi connectivity index (χ3n) is 2.21. The number of thioether (sulfide) groups is 1. The first-order valence-electron chi connectivity index (χ1n) is 5.66. The number of nitrogens with zero attached hydrogens (tertiary/aromatic N) is 2. The largest absolute Gasteiger partial charge is 0.399 e. The molecule has 1 aromatic carbocycles. The van der Waals surface area contributed by atoms with Crippen LogP contribution in [0.25, 0.3) is 11.5 Å². The highest BCUT2D eigenvalue weighted by Gasteiger charge is 2.09. The summed E-state index contributed by atoms with van der Waals surface area (Å²) in [6.07, 6.45) is 1.15. The fourth-order valence-corrected chi connectivity index (χ4v) is 2.72. The van der Waals surface area contributed by atoms with E-state index < -0.39 is 0 Å². The van der Waals surface area contributed by atoms with Crippen LogP contribution in [0.5, 0.6) is 0 Å². The fraction of sp³-hybridized carbons (Fsp3) is 0.333. The molecule has 0 aliphatic heterocycles. The molecule has 0 saturated heterocycles. The molecule has 4 nitrogen and oxygen atoms in total. The summed E-state index contributed by atoms with van der Waals surface area (Å²) < 4.78 is 6.14. The van der Waals surface area contributed by atoms with Crippen LogP contribution in [0.2, 0.25) is 0 Å². The molecule has 1 aromatic heterocycles. The summed E-state index contributed by atoms with van der Waals surface area (Å²) in [6.45, 7) is 2.15. The summed E-state index contributed by atoms with van der Waals surface area (Å²) in [5, 5.41) is 3.96. The van der Waals surface area contributed by atoms with Crippen LogP contribution in [0.15, 0.2) is 27.2 Å². The van der Waals surface area contributed by atoms with Gasteiger partial charge in [-0.25, -0.2) is 0 Å². The Kier molecular flexibility index (Phi) is 4.66. The van der Waals surface area contributed by atoms with E-state index in [2.05, 4.69) is 33.0 Å². The van der Waals surface area contributed by atoms with Gasteiger partial charge in [-0.1, -0.05) is 28.0 Å². The number of halogens is 1. The van der Waals surface area contributed by atoms with Crippen LogP contribution in [0.3, 0.4) is 0 Å². The van der Waals surface area contributed by atoms with E-state index in [4.69, 9.17) is 10.3 Å². The monoisotopic (exact) mass is 327 g/mol. The molecule has 2 rings (SSSR count). The molecule has 2 N–H and O–H groups in total. The van der Waals surface area contributed by atoms with E-state index in [-0.39, 0.29) is 0 Å². The first kappa shape index (κ1) is 13.4. The molecule has 0 fully saturated rings. The van der Waals surface area contributed by atoms with Crippen molar-refractivity contribution in [3.8, 4) is 11.5 Å². The highest BCUT2D eigenvalue weighted by molar-refractivity contribution is 9.10. The summed E-state index contributed by atoms with van der Waals surface area (Å²) in [4.78, 5) is 4.36. The van der Waals surface area contributed by atoms with Crippen molar-refractivity contribution in [3.63, 3.8) is 0 Å². The van der Waals surface area contributed by atoms with Gasteiger partial charge in [0.25, 0.3) is 5.89 Å². The molecule has 0 spiro atoms. The summed E-state index contributed by atoms with van der Waals surface area (Å²) in [6, 6.07) is 5.56. The van der Waals surface area contributed by atoms with Crippen molar-refractivity contribution in [2.45, 2.75) is 19.1 Å². The van der Waals surface area contributed by atoms with Gasteiger partial charge in [-0.15, -0.1) is 0 Å². The number of rotatable bonds is 5. The molecule has 2 aromatic rings. The van der Waals surface area contributed by atoms with E-state index in [0.717, 1.165) is 33.8 Å². The highest BCUT2D eigenvalue weighted by Crippen LogP contribution is 2.25. The SMILES string of the molecule is CCCSCc1noc(-c2cc(N)cc(Br)c2)n1. The first-order chi connectivity index (χ1) is 8.69. The minimum Gasteiger partial charge on any atom is -0.399 e. The molecule has 0 saturated carbocycles. The molecular weight excluding hydrogens is 314 g/mol. The minimum atomic E-state index is 0.509. The van der Waals surface area contributed by atoms with Gasteiger partial charge in [-0.2, -0.15) is 16.7 Å². The lowest BCUT2D eigenvalue weighted by molar-refractivity contribution is 0.425. The molecule has 0 aliphatic rings. The van der Waals surface area contributed by atoms with Crippen molar-refractivity contribution >= 4 is 33.4 Å². The Morgan fingerprint density at radius 1 is 1.39 bits per heavy atom. The van der Waals surface area contributed by atoms with E-state index in [9.17, 15) is 0 Å². The van der Waals surface area contributed by atoms with Gasteiger partial charge in [0.1, 0.15) is 0 Å². The molecule has 0 bridgehead atoms. The van der Waals surface area contributed by atoms with Crippen molar-refractivity contribution in [1.29, 1.82) is 0 Å². The molecule has 0 amide bonds. The number of nitrogens with two attached hydrogens (primary N) is 1. The van der Waals surface area contributed by atoms with Crippen molar-refractivity contribution in [3.05, 3.63) is 28.5 Å². The number of benzene rings is 1. The van der Waals surface area contributed by atoms with E-state index in [1.807, 2.05) is 18.2 Å². The zero-order valence-electron chi connectivity index (χ0n) is 10.0. The summed E-state index contributed by atoms with van der Waals surface area (Å²) in [5.74, 6) is 3.12. The number of hydrogen-bond donors (Lipinski definition) is 1. The quantitative estimate of drug-likeness (QED) is 0.669. The summed E-state index contributed by atoms with van der Waals surface area (Å²) in [5.41, 5.74) is 7.28. The Hall–Kier alpha value is -1.01. The molecule has 1 heterocycles. The van der Waals surface area contributed by atoms with Crippen molar-refractivity contribution in [2.75, 3.05) is 11.5 Å². The van der Waals surface area contributed by atoms with Crippen LogP contribution >= 0.6 is 27.7 Å². The average Bonchev–Trinajstić information content (AvgIpc) is 2.77. The van der Waals surface area contributed by atoms with Gasteiger partial charge >= 0.3 is 0 Å². The Labute approximate surface area is 118 Å². The van der Waals surface area contributed by atoms with Crippen LogP contribution in [0, 0.1) is 0 Å². The van der Waals surface area contributed by atoms with Crippen molar-refractivity contribution in [2.24, 2.45) is 0 Å². The zero-order valence-corrected chi connectivity index (χ0v) is 12.4. The smallest absolute Gasteiger partial charge is 0.258 e. The van der Waals surface area contributed by atoms with Gasteiger partial charge in [0.2, 0.25) is 0 Å². The lowest BCUT2D eigenvalue weighted by Crippen LogP contribution is -1.88. The van der Waals surface area contributed by atoms with E-state index >= 15 is 0 Å². The maximum atomic E-state index is 5.78. The van der Waals surface area contributed by atoms with Gasteiger partial charge < -0.3 is 10.3 Å². The molecule has 96 valence electrons. The van der Waals surface area contributed by atoms with Gasteiger partial charge in [-0.3, -0.25) is 0 Å². The van der Waals surface area contributed by atoms with Gasteiger partial charge in [0, 0.05) is 15.7 Å². The van der Waals surface area contributed by atoms with Crippen LogP contribution in [-0.4, -0.2) is 15.9 Å². The van der Waals surface area contributed by atoms with Crippen LogP contribution < -0.4 is 5.73 Å². The van der Waals surface area contributed by atoms with Gasteiger partial charge in [0.05, 0.1) is 5.75 Å². The third-order valence-corrected chi connectivity index (χ3v) is 3.83. The lowest BCUT2D eigenvalue weighted by atomic mass is 10.2. The second kappa shape index (κ2) is 6.24. The Bertz CT molecular complexity index is 510. The van der Waals surface area contributed by atoms with Crippen LogP contribution in [0.4, 0.5) is 5.69 Å². The topological polar surface area (TPSA) is 64.9 Å². The standard InChI is InChI=1S/C12H14BrN3OS/c1-2-3-18-7-11-15-12(17-16-11)8-4-9(13)6-10(14)5-8/h4-6H,2-3,7,14H2,1H3. The fourth-order valence-electron chi connectivity index (χ4n) is 1.47. The van der Waals surface area contributed by atoms with Crippen molar-refractivity contribution < 1.29 is 4.52 Å². The van der Waals surface area contributed by atoms with Gasteiger partial charge in [-0.05, 0) is 30.4 Å². The second-order valence-electron chi connectivity index (χ2n) is 3.84. The minimum absolute atomic E-state index is 0.509. The first-order valence-corrected chi connectivity index (χ1v) is 7.60. The number of anilines is 1. The van der Waals surface area contributed by atoms with Gasteiger partial charge in [0.15, 0.2) is 5.82 Å². The number of hydrogen-bond acceptors (Lipinski definition) is 5. The Morgan fingerprint density at radius 2 is 2.22 bits per heavy atom. The molecule has 0 unspecified atom stereocenters. The summed E-state index contributed by atoms with van der Waals surface area (Å²) >= 11 is 5.20. The van der Waals surface area contributed by atoms with E-state index in [0.29, 0.717) is 11.6 Å². The summed E-state index contributed by atoms with van der Waals surface area (Å²) in [7, 11) is 0. The maximum Gasteiger partial charge on any atom is 0.258 e. The normalized spacial score (nSPS) is 10.8. The molecule has 18 heavy (non-hydrogen) atoms. The second-order valence-corrected chi connectivity index (χ2v) is 5.86. The predicted molar refractivity (Wildman–Crippen MR) is 78.3 cm³/mol. The molecular formula is C12H14BrN3OS. The van der Waals surface area contributed by atoms with Crippen LogP contribution in [-0.2, 0) is 5.75 Å². The maximum absolute atomic E-state index is 5.78. The predicted octanol–water partition coefficient (Wildman–Crippen LogP) is 3.72.